The van der Waals surface area contributed by atoms with Crippen molar-refractivity contribution in [1.82, 2.24) is 15.2 Å². The zero-order valence-corrected chi connectivity index (χ0v) is 17.2. The average Bonchev–Trinajstić information content (AvgIpc) is 3.04. The molecule has 6 heteroatoms. The molecule has 0 bridgehead atoms. The lowest BCUT2D eigenvalue weighted by molar-refractivity contribution is 0.0702. The maximum atomic E-state index is 12.9. The molecule has 0 unspecified atom stereocenters. The van der Waals surface area contributed by atoms with Crippen LogP contribution in [0, 0.1) is 13.8 Å². The molecule has 0 aliphatic carbocycles. The Balaban J connectivity index is 1.58. The first kappa shape index (κ1) is 19.5. The van der Waals surface area contributed by atoms with Gasteiger partial charge in [-0.05, 0) is 38.3 Å². The van der Waals surface area contributed by atoms with E-state index < -0.39 is 0 Å². The summed E-state index contributed by atoms with van der Waals surface area (Å²) < 4.78 is 0. The summed E-state index contributed by atoms with van der Waals surface area (Å²) in [6.07, 6.45) is 1.55. The summed E-state index contributed by atoms with van der Waals surface area (Å²) in [5, 5.41) is 4.13. The molecule has 1 fully saturated rings. The van der Waals surface area contributed by atoms with Crippen molar-refractivity contribution in [2.45, 2.75) is 52.5 Å². The molecule has 0 atom stereocenters. The van der Waals surface area contributed by atoms with Gasteiger partial charge in [-0.15, -0.1) is 11.3 Å². The molecule has 3 rings (SSSR count). The molecule has 1 aliphatic heterocycles. The molecule has 0 spiro atoms. The van der Waals surface area contributed by atoms with E-state index in [2.05, 4.69) is 24.1 Å². The summed E-state index contributed by atoms with van der Waals surface area (Å²) in [5.41, 5.74) is 2.52. The zero-order chi connectivity index (χ0) is 19.6. The van der Waals surface area contributed by atoms with Crippen LogP contribution in [0.1, 0.15) is 68.9 Å². The van der Waals surface area contributed by atoms with E-state index in [4.69, 9.17) is 0 Å². The third-order valence-corrected chi connectivity index (χ3v) is 6.45. The van der Waals surface area contributed by atoms with Gasteiger partial charge in [0, 0.05) is 30.6 Å². The van der Waals surface area contributed by atoms with Gasteiger partial charge in [0.15, 0.2) is 0 Å². The van der Waals surface area contributed by atoms with E-state index in [0.29, 0.717) is 19.0 Å². The van der Waals surface area contributed by atoms with E-state index in [1.165, 1.54) is 11.3 Å². The van der Waals surface area contributed by atoms with Crippen LogP contribution in [0.4, 0.5) is 0 Å². The van der Waals surface area contributed by atoms with E-state index in [-0.39, 0.29) is 17.9 Å². The minimum atomic E-state index is -0.0299. The van der Waals surface area contributed by atoms with Crippen LogP contribution in [0.15, 0.2) is 24.3 Å². The van der Waals surface area contributed by atoms with Crippen molar-refractivity contribution in [3.63, 3.8) is 0 Å². The predicted molar refractivity (Wildman–Crippen MR) is 109 cm³/mol. The minimum absolute atomic E-state index is 0.0299. The number of hydrogen-bond acceptors (Lipinski definition) is 4. The van der Waals surface area contributed by atoms with E-state index in [1.807, 2.05) is 43.0 Å². The molecule has 5 nitrogen and oxygen atoms in total. The molecule has 2 aromatic rings. The summed E-state index contributed by atoms with van der Waals surface area (Å²) in [6.45, 7) is 9.35. The number of carbonyl (C=O) groups excluding carboxylic acids is 2. The number of rotatable bonds is 4. The van der Waals surface area contributed by atoms with Crippen LogP contribution in [-0.4, -0.2) is 40.8 Å². The molecule has 2 heterocycles. The Morgan fingerprint density at radius 3 is 2.44 bits per heavy atom. The van der Waals surface area contributed by atoms with Gasteiger partial charge < -0.3 is 10.2 Å². The van der Waals surface area contributed by atoms with Crippen molar-refractivity contribution in [2.24, 2.45) is 0 Å². The van der Waals surface area contributed by atoms with Gasteiger partial charge in [-0.25, -0.2) is 4.98 Å². The highest BCUT2D eigenvalue weighted by atomic mass is 32.1. The highest BCUT2D eigenvalue weighted by Gasteiger charge is 2.27. The predicted octanol–water partition coefficient (Wildman–Crippen LogP) is 3.92. The smallest absolute Gasteiger partial charge is 0.265 e. The van der Waals surface area contributed by atoms with Gasteiger partial charge in [-0.2, -0.15) is 0 Å². The Bertz CT molecular complexity index is 836. The summed E-state index contributed by atoms with van der Waals surface area (Å²) in [4.78, 5) is 32.5. The number of aromatic nitrogens is 1. The number of likely N-dealkylation sites (tertiary alicyclic amines) is 1. The molecule has 1 aromatic carbocycles. The highest BCUT2D eigenvalue weighted by Crippen LogP contribution is 2.26. The summed E-state index contributed by atoms with van der Waals surface area (Å²) in [7, 11) is 0. The van der Waals surface area contributed by atoms with Crippen molar-refractivity contribution < 1.29 is 9.59 Å². The molecular weight excluding hydrogens is 358 g/mol. The number of thiazole rings is 1. The zero-order valence-electron chi connectivity index (χ0n) is 16.4. The van der Waals surface area contributed by atoms with Crippen LogP contribution in [0.2, 0.25) is 0 Å². The number of amides is 2. The first-order valence-electron chi connectivity index (χ1n) is 9.50. The fourth-order valence-electron chi connectivity index (χ4n) is 3.32. The second-order valence-corrected chi connectivity index (χ2v) is 8.51. The number of benzene rings is 1. The van der Waals surface area contributed by atoms with E-state index in [0.717, 1.165) is 39.5 Å². The Kier molecular flexibility index (Phi) is 5.95. The minimum Gasteiger partial charge on any atom is -0.349 e. The summed E-state index contributed by atoms with van der Waals surface area (Å²) in [5.74, 6) is 0.371. The highest BCUT2D eigenvalue weighted by molar-refractivity contribution is 7.13. The fraction of sp³-hybridized carbons (Fsp3) is 0.476. The van der Waals surface area contributed by atoms with Gasteiger partial charge in [0.05, 0.1) is 10.7 Å². The Hall–Kier alpha value is -2.21. The molecule has 0 radical (unpaired) electrons. The second kappa shape index (κ2) is 8.21. The molecule has 1 N–H and O–H groups in total. The van der Waals surface area contributed by atoms with Gasteiger partial charge in [0.2, 0.25) is 0 Å². The van der Waals surface area contributed by atoms with E-state index in [9.17, 15) is 9.59 Å². The lowest BCUT2D eigenvalue weighted by Crippen LogP contribution is -2.46. The van der Waals surface area contributed by atoms with Crippen LogP contribution in [0.25, 0.3) is 0 Å². The van der Waals surface area contributed by atoms with Gasteiger partial charge in [-0.3, -0.25) is 9.59 Å². The molecule has 1 aliphatic rings. The molecule has 0 saturated carbocycles. The lowest BCUT2D eigenvalue weighted by atomic mass is 10.0. The number of carbonyl (C=O) groups is 2. The molecule has 1 aromatic heterocycles. The molecule has 2 amide bonds. The van der Waals surface area contributed by atoms with Crippen LogP contribution in [-0.2, 0) is 0 Å². The molecular formula is C21H27N3O2S. The maximum Gasteiger partial charge on any atom is 0.265 e. The SMILES string of the molecule is Cc1ccccc1C(=O)NC1CCN(C(=O)c2sc(C(C)C)nc2C)CC1. The normalized spacial score (nSPS) is 15.2. The molecule has 144 valence electrons. The monoisotopic (exact) mass is 385 g/mol. The van der Waals surface area contributed by atoms with Crippen LogP contribution < -0.4 is 5.32 Å². The Morgan fingerprint density at radius 2 is 1.85 bits per heavy atom. The Morgan fingerprint density at radius 1 is 1.19 bits per heavy atom. The topological polar surface area (TPSA) is 62.3 Å². The second-order valence-electron chi connectivity index (χ2n) is 7.48. The first-order valence-corrected chi connectivity index (χ1v) is 10.3. The number of piperidine rings is 1. The van der Waals surface area contributed by atoms with Crippen molar-refractivity contribution in [3.8, 4) is 0 Å². The third-order valence-electron chi connectivity index (χ3n) is 5.01. The standard InChI is InChI=1S/C21H27N3O2S/c1-13(2)20-22-15(4)18(27-20)21(26)24-11-9-16(10-12-24)23-19(25)17-8-6-5-7-14(17)3/h5-8,13,16H,9-12H2,1-4H3,(H,23,25). The Labute approximate surface area is 164 Å². The maximum absolute atomic E-state index is 12.9. The van der Waals surface area contributed by atoms with Crippen molar-refractivity contribution in [3.05, 3.63) is 51.0 Å². The first-order chi connectivity index (χ1) is 12.9. The van der Waals surface area contributed by atoms with E-state index in [1.54, 1.807) is 0 Å². The van der Waals surface area contributed by atoms with Crippen LogP contribution in [0.3, 0.4) is 0 Å². The fourth-order valence-corrected chi connectivity index (χ4v) is 4.36. The number of hydrogen-bond donors (Lipinski definition) is 1. The average molecular weight is 386 g/mol. The van der Waals surface area contributed by atoms with Crippen LogP contribution in [0.5, 0.6) is 0 Å². The lowest BCUT2D eigenvalue weighted by Gasteiger charge is -2.32. The van der Waals surface area contributed by atoms with Crippen LogP contribution >= 0.6 is 11.3 Å². The largest absolute Gasteiger partial charge is 0.349 e. The number of nitrogens with zero attached hydrogens (tertiary/aromatic N) is 2. The van der Waals surface area contributed by atoms with E-state index >= 15 is 0 Å². The van der Waals surface area contributed by atoms with Gasteiger partial charge in [-0.1, -0.05) is 32.0 Å². The number of nitrogens with one attached hydrogen (secondary N) is 1. The van der Waals surface area contributed by atoms with Gasteiger partial charge >= 0.3 is 0 Å². The van der Waals surface area contributed by atoms with Gasteiger partial charge in [0.1, 0.15) is 4.88 Å². The summed E-state index contributed by atoms with van der Waals surface area (Å²) in [6, 6.07) is 7.71. The van der Waals surface area contributed by atoms with Crippen molar-refractivity contribution >= 4 is 23.2 Å². The van der Waals surface area contributed by atoms with Crippen molar-refractivity contribution in [1.29, 1.82) is 0 Å². The van der Waals surface area contributed by atoms with Crippen molar-refractivity contribution in [2.75, 3.05) is 13.1 Å². The molecule has 1 saturated heterocycles. The number of aryl methyl sites for hydroxylation is 2. The third kappa shape index (κ3) is 4.38. The molecule has 27 heavy (non-hydrogen) atoms. The summed E-state index contributed by atoms with van der Waals surface area (Å²) >= 11 is 1.51. The quantitative estimate of drug-likeness (QED) is 0.868. The van der Waals surface area contributed by atoms with Gasteiger partial charge in [0.25, 0.3) is 11.8 Å².